The van der Waals surface area contributed by atoms with Gasteiger partial charge in [0.05, 0.1) is 9.92 Å². The lowest BCUT2D eigenvalue weighted by Gasteiger charge is -2.20. The van der Waals surface area contributed by atoms with Gasteiger partial charge in [0.2, 0.25) is 0 Å². The highest BCUT2D eigenvalue weighted by Crippen LogP contribution is 2.34. The van der Waals surface area contributed by atoms with Gasteiger partial charge in [-0.3, -0.25) is 8.71 Å². The summed E-state index contributed by atoms with van der Waals surface area (Å²) in [6, 6.07) is 19.8. The third kappa shape index (κ3) is 3.15. The molecule has 4 rings (SSSR count). The van der Waals surface area contributed by atoms with Crippen molar-refractivity contribution in [2.45, 2.75) is 11.8 Å². The summed E-state index contributed by atoms with van der Waals surface area (Å²) >= 11 is 6.18. The van der Waals surface area contributed by atoms with Crippen LogP contribution in [-0.4, -0.2) is 24.9 Å². The molecule has 2 aromatic heterocycles. The summed E-state index contributed by atoms with van der Waals surface area (Å²) < 4.78 is 29.6. The van der Waals surface area contributed by atoms with E-state index in [1.807, 2.05) is 37.3 Å². The molecule has 0 atom stereocenters. The first-order valence-electron chi connectivity index (χ1n) is 8.66. The zero-order valence-corrected chi connectivity index (χ0v) is 16.9. The van der Waals surface area contributed by atoms with E-state index in [1.54, 1.807) is 47.0 Å². The predicted octanol–water partition coefficient (Wildman–Crippen LogP) is 4.79. The Hall–Kier alpha value is -2.83. The molecule has 0 bridgehead atoms. The Balaban J connectivity index is 1.96. The van der Waals surface area contributed by atoms with Gasteiger partial charge < -0.3 is 0 Å². The molecule has 5 nitrogen and oxygen atoms in total. The maximum absolute atomic E-state index is 13.3. The number of aryl methyl sites for hydroxylation is 1. The first-order chi connectivity index (χ1) is 13.4. The van der Waals surface area contributed by atoms with Crippen LogP contribution in [0.1, 0.15) is 5.56 Å². The second-order valence-electron chi connectivity index (χ2n) is 6.51. The smallest absolute Gasteiger partial charge is 0.265 e. The average molecular weight is 412 g/mol. The number of aromatic nitrogens is 2. The van der Waals surface area contributed by atoms with Gasteiger partial charge >= 0.3 is 0 Å². The van der Waals surface area contributed by atoms with Crippen molar-refractivity contribution in [2.75, 3.05) is 11.4 Å². The molecule has 0 unspecified atom stereocenters. The van der Waals surface area contributed by atoms with E-state index in [1.165, 1.54) is 11.4 Å². The molecule has 142 valence electrons. The van der Waals surface area contributed by atoms with Crippen LogP contribution in [0, 0.1) is 6.92 Å². The van der Waals surface area contributed by atoms with Crippen molar-refractivity contribution >= 4 is 33.1 Å². The van der Waals surface area contributed by atoms with E-state index in [0.717, 1.165) is 11.1 Å². The van der Waals surface area contributed by atoms with Gasteiger partial charge in [0, 0.05) is 18.8 Å². The first kappa shape index (κ1) is 18.5. The first-order valence-corrected chi connectivity index (χ1v) is 10.5. The molecular formula is C21H18ClN3O2S. The summed E-state index contributed by atoms with van der Waals surface area (Å²) in [6.07, 6.45) is 1.67. The number of rotatable bonds is 4. The van der Waals surface area contributed by atoms with Crippen LogP contribution in [0.15, 0.2) is 77.8 Å². The van der Waals surface area contributed by atoms with Gasteiger partial charge in [-0.1, -0.05) is 59.6 Å². The molecule has 0 aliphatic carbocycles. The van der Waals surface area contributed by atoms with Gasteiger partial charge in [-0.15, -0.1) is 0 Å². The second kappa shape index (κ2) is 6.96. The third-order valence-corrected chi connectivity index (χ3v) is 6.57. The summed E-state index contributed by atoms with van der Waals surface area (Å²) in [5, 5.41) is 0.492. The van der Waals surface area contributed by atoms with E-state index < -0.39 is 10.0 Å². The fourth-order valence-electron chi connectivity index (χ4n) is 3.08. The molecule has 0 fully saturated rings. The van der Waals surface area contributed by atoms with Gasteiger partial charge in [0.1, 0.15) is 11.3 Å². The van der Waals surface area contributed by atoms with Crippen molar-refractivity contribution < 1.29 is 8.42 Å². The largest absolute Gasteiger partial charge is 0.283 e. The molecule has 0 aliphatic rings. The summed E-state index contributed by atoms with van der Waals surface area (Å²) in [6.45, 7) is 1.92. The molecule has 0 spiro atoms. The van der Waals surface area contributed by atoms with Gasteiger partial charge in [0.25, 0.3) is 10.0 Å². The Labute approximate surface area is 168 Å². The topological polar surface area (TPSA) is 54.7 Å². The van der Waals surface area contributed by atoms with Gasteiger partial charge in [-0.25, -0.2) is 13.4 Å². The number of halogens is 1. The Morgan fingerprint density at radius 3 is 2.32 bits per heavy atom. The van der Waals surface area contributed by atoms with Crippen molar-refractivity contribution in [1.82, 2.24) is 9.38 Å². The number of sulfonamides is 1. The lowest BCUT2D eigenvalue weighted by atomic mass is 10.1. The zero-order valence-electron chi connectivity index (χ0n) is 15.4. The number of pyridine rings is 1. The van der Waals surface area contributed by atoms with Crippen LogP contribution in [0.5, 0.6) is 0 Å². The van der Waals surface area contributed by atoms with Crippen molar-refractivity contribution in [3.05, 3.63) is 83.5 Å². The highest BCUT2D eigenvalue weighted by Gasteiger charge is 2.27. The Morgan fingerprint density at radius 1 is 0.964 bits per heavy atom. The van der Waals surface area contributed by atoms with E-state index >= 15 is 0 Å². The summed E-state index contributed by atoms with van der Waals surface area (Å²) in [5.74, 6) is 0.435. The van der Waals surface area contributed by atoms with Crippen molar-refractivity contribution in [3.8, 4) is 11.3 Å². The lowest BCUT2D eigenvalue weighted by molar-refractivity contribution is 0.594. The summed E-state index contributed by atoms with van der Waals surface area (Å²) in [5.41, 5.74) is 3.00. The Kier molecular flexibility index (Phi) is 4.61. The minimum Gasteiger partial charge on any atom is -0.283 e. The molecule has 0 saturated heterocycles. The number of anilines is 1. The molecule has 0 N–H and O–H groups in total. The number of hydrogen-bond acceptors (Lipinski definition) is 3. The lowest BCUT2D eigenvalue weighted by Crippen LogP contribution is -2.28. The van der Waals surface area contributed by atoms with Crippen molar-refractivity contribution in [1.29, 1.82) is 0 Å². The van der Waals surface area contributed by atoms with Crippen LogP contribution in [-0.2, 0) is 10.0 Å². The SMILES string of the molecule is Cc1ccc(S(=O)(=O)N(C)c2c(-c3ccccc3)nc3ccc(Cl)cn23)cc1. The predicted molar refractivity (Wildman–Crippen MR) is 112 cm³/mol. The molecular weight excluding hydrogens is 394 g/mol. The standard InChI is InChI=1S/C21H18ClN3O2S/c1-15-8-11-18(12-9-15)28(26,27)24(2)21-20(16-6-4-3-5-7-16)23-19-13-10-17(22)14-25(19)21/h3-14H,1-2H3. The summed E-state index contributed by atoms with van der Waals surface area (Å²) in [7, 11) is -2.25. The van der Waals surface area contributed by atoms with Crippen LogP contribution in [0.4, 0.5) is 5.82 Å². The molecule has 0 amide bonds. The second-order valence-corrected chi connectivity index (χ2v) is 8.92. The van der Waals surface area contributed by atoms with Gasteiger partial charge in [0.15, 0.2) is 5.82 Å². The van der Waals surface area contributed by atoms with E-state index in [9.17, 15) is 8.42 Å². The fraction of sp³-hybridized carbons (Fsp3) is 0.0952. The van der Waals surface area contributed by atoms with E-state index in [-0.39, 0.29) is 4.90 Å². The van der Waals surface area contributed by atoms with E-state index in [4.69, 9.17) is 11.6 Å². The molecule has 4 aromatic rings. The molecule has 28 heavy (non-hydrogen) atoms. The van der Waals surface area contributed by atoms with Crippen molar-refractivity contribution in [2.24, 2.45) is 0 Å². The minimum atomic E-state index is -3.78. The highest BCUT2D eigenvalue weighted by atomic mass is 35.5. The van der Waals surface area contributed by atoms with Crippen LogP contribution in [0.2, 0.25) is 5.02 Å². The summed E-state index contributed by atoms with van der Waals surface area (Å²) in [4.78, 5) is 4.88. The van der Waals surface area contributed by atoms with Gasteiger partial charge in [-0.05, 0) is 31.2 Å². The molecule has 7 heteroatoms. The Morgan fingerprint density at radius 2 is 1.64 bits per heavy atom. The Bertz CT molecular complexity index is 1250. The molecule has 0 saturated carbocycles. The van der Waals surface area contributed by atoms with Crippen LogP contribution in [0.25, 0.3) is 16.9 Å². The minimum absolute atomic E-state index is 0.219. The molecule has 0 aliphatic heterocycles. The fourth-order valence-corrected chi connectivity index (χ4v) is 4.44. The number of fused-ring (bicyclic) bond motifs is 1. The van der Waals surface area contributed by atoms with Crippen LogP contribution < -0.4 is 4.31 Å². The number of nitrogens with zero attached hydrogens (tertiary/aromatic N) is 3. The zero-order chi connectivity index (χ0) is 19.9. The maximum atomic E-state index is 13.3. The van der Waals surface area contributed by atoms with Crippen LogP contribution >= 0.6 is 11.6 Å². The maximum Gasteiger partial charge on any atom is 0.265 e. The molecule has 0 radical (unpaired) electrons. The molecule has 2 aromatic carbocycles. The number of benzene rings is 2. The third-order valence-electron chi connectivity index (χ3n) is 4.58. The normalized spacial score (nSPS) is 11.7. The highest BCUT2D eigenvalue weighted by molar-refractivity contribution is 7.92. The monoisotopic (exact) mass is 411 g/mol. The van der Waals surface area contributed by atoms with Crippen LogP contribution in [0.3, 0.4) is 0 Å². The number of imidazole rings is 1. The van der Waals surface area contributed by atoms with E-state index in [2.05, 4.69) is 4.98 Å². The van der Waals surface area contributed by atoms with E-state index in [0.29, 0.717) is 22.2 Å². The quantitative estimate of drug-likeness (QED) is 0.485. The molecule has 2 heterocycles. The van der Waals surface area contributed by atoms with Gasteiger partial charge in [-0.2, -0.15) is 0 Å². The van der Waals surface area contributed by atoms with Crippen molar-refractivity contribution in [3.63, 3.8) is 0 Å². The number of hydrogen-bond donors (Lipinski definition) is 0. The average Bonchev–Trinajstić information content (AvgIpc) is 3.06.